The van der Waals surface area contributed by atoms with Gasteiger partial charge in [-0.05, 0) is 6.42 Å². The largest absolute Gasteiger partial charge is 1.00 e. The average molecular weight is 388 g/mol. The van der Waals surface area contributed by atoms with Gasteiger partial charge in [-0.2, -0.15) is 0 Å². The molecule has 25 heavy (non-hydrogen) atoms. The van der Waals surface area contributed by atoms with Crippen molar-refractivity contribution >= 4 is 22.3 Å². The molecule has 0 rings (SSSR count). The predicted molar refractivity (Wildman–Crippen MR) is 87.8 cm³/mol. The molecule has 0 N–H and O–H groups in total. The fourth-order valence-corrected chi connectivity index (χ4v) is 2.52. The maximum absolute atomic E-state index is 11.3. The molecule has 0 radical (unpaired) electrons. The molecular weight excluding hydrogens is 359 g/mol. The summed E-state index contributed by atoms with van der Waals surface area (Å²) in [4.78, 5) is 22.2. The van der Waals surface area contributed by atoms with E-state index in [0.717, 1.165) is 19.3 Å². The summed E-state index contributed by atoms with van der Waals surface area (Å²) < 4.78 is 39.0. The number of ether oxygens (including phenoxy) is 1. The molecule has 142 valence electrons. The summed E-state index contributed by atoms with van der Waals surface area (Å²) in [6.45, 7) is 2.49. The first-order valence-electron chi connectivity index (χ1n) is 8.69. The zero-order chi connectivity index (χ0) is 18.3. The van der Waals surface area contributed by atoms with Crippen LogP contribution in [0.25, 0.3) is 0 Å². The fraction of sp³-hybridized carbons (Fsp3) is 0.875. The molecule has 0 saturated carbocycles. The van der Waals surface area contributed by atoms with Gasteiger partial charge in [0.05, 0.1) is 19.4 Å². The van der Waals surface area contributed by atoms with E-state index in [2.05, 4.69) is 11.1 Å². The molecule has 0 aliphatic heterocycles. The summed E-state index contributed by atoms with van der Waals surface area (Å²) in [5.74, 6) is -1.85. The van der Waals surface area contributed by atoms with Crippen LogP contribution in [-0.2, 0) is 28.9 Å². The smallest absolute Gasteiger partial charge is 0.716 e. The van der Waals surface area contributed by atoms with E-state index in [9.17, 15) is 22.6 Å². The van der Waals surface area contributed by atoms with Crippen LogP contribution in [0, 0.1) is 0 Å². The quantitative estimate of drug-likeness (QED) is 0.130. The van der Waals surface area contributed by atoms with Gasteiger partial charge in [-0.15, -0.1) is 0 Å². The fourth-order valence-electron chi connectivity index (χ4n) is 2.21. The Labute approximate surface area is 173 Å². The molecule has 9 heteroatoms. The van der Waals surface area contributed by atoms with Crippen LogP contribution >= 0.6 is 0 Å². The Morgan fingerprint density at radius 3 is 1.72 bits per heavy atom. The van der Waals surface area contributed by atoms with Gasteiger partial charge >= 0.3 is 41.5 Å². The first-order chi connectivity index (χ1) is 11.3. The Morgan fingerprint density at radius 1 is 0.800 bits per heavy atom. The molecule has 0 unspecified atom stereocenters. The standard InChI is InChI=1S/C16H30O7S.Na/c1-2-3-4-5-6-7-8-9-10-11-14-22-15(17)12-13-16(18)23-24(19,20)21;/h2-14H2,1H3,(H,19,20,21);/q;+1/p-1. The summed E-state index contributed by atoms with van der Waals surface area (Å²) in [5.41, 5.74) is 0. The molecule has 0 aromatic rings. The molecule has 0 fully saturated rings. The van der Waals surface area contributed by atoms with Gasteiger partial charge in [0.15, 0.2) is 0 Å². The minimum atomic E-state index is -5.06. The monoisotopic (exact) mass is 388 g/mol. The van der Waals surface area contributed by atoms with Crippen molar-refractivity contribution in [1.29, 1.82) is 0 Å². The molecule has 0 spiro atoms. The second-order valence-corrected chi connectivity index (χ2v) is 6.75. The molecule has 0 aromatic carbocycles. The van der Waals surface area contributed by atoms with Gasteiger partial charge in [-0.25, -0.2) is 8.42 Å². The van der Waals surface area contributed by atoms with E-state index < -0.39 is 28.8 Å². The number of carbonyl (C=O) groups is 2. The van der Waals surface area contributed by atoms with Crippen molar-refractivity contribution in [3.8, 4) is 0 Å². The first kappa shape index (κ1) is 27.1. The van der Waals surface area contributed by atoms with E-state index in [-0.39, 0.29) is 42.6 Å². The summed E-state index contributed by atoms with van der Waals surface area (Å²) in [6, 6.07) is 0. The minimum absolute atomic E-state index is 0. The van der Waals surface area contributed by atoms with Gasteiger partial charge in [0.1, 0.15) is 0 Å². The molecule has 0 atom stereocenters. The Kier molecular flexibility index (Phi) is 18.7. The number of carbonyl (C=O) groups excluding carboxylic acids is 2. The van der Waals surface area contributed by atoms with Gasteiger partial charge in [-0.3, -0.25) is 9.59 Å². The Morgan fingerprint density at radius 2 is 1.24 bits per heavy atom. The Hall–Kier alpha value is -0.150. The summed E-state index contributed by atoms with van der Waals surface area (Å²) in [6.07, 6.45) is 11.0. The van der Waals surface area contributed by atoms with Crippen LogP contribution in [0.1, 0.15) is 84.0 Å². The van der Waals surface area contributed by atoms with Crippen LogP contribution in [0.5, 0.6) is 0 Å². The summed E-state index contributed by atoms with van der Waals surface area (Å²) >= 11 is 0. The van der Waals surface area contributed by atoms with Crippen molar-refractivity contribution in [2.45, 2.75) is 84.0 Å². The normalized spacial score (nSPS) is 10.8. The maximum atomic E-state index is 11.3. The molecule has 0 heterocycles. The van der Waals surface area contributed by atoms with Crippen LogP contribution in [0.2, 0.25) is 0 Å². The second-order valence-electron chi connectivity index (χ2n) is 5.77. The third kappa shape index (κ3) is 21.8. The minimum Gasteiger partial charge on any atom is -0.716 e. The van der Waals surface area contributed by atoms with E-state index in [1.165, 1.54) is 44.9 Å². The molecule has 0 bridgehead atoms. The second kappa shape index (κ2) is 17.3. The van der Waals surface area contributed by atoms with Crippen LogP contribution in [0.3, 0.4) is 0 Å². The van der Waals surface area contributed by atoms with Gasteiger partial charge < -0.3 is 13.5 Å². The molecule has 0 aliphatic rings. The third-order valence-electron chi connectivity index (χ3n) is 3.49. The zero-order valence-electron chi connectivity index (χ0n) is 15.5. The van der Waals surface area contributed by atoms with Crippen molar-refractivity contribution in [3.63, 3.8) is 0 Å². The van der Waals surface area contributed by atoms with E-state index in [0.29, 0.717) is 0 Å². The van der Waals surface area contributed by atoms with Gasteiger partial charge in [0.2, 0.25) is 0 Å². The number of hydrogen-bond acceptors (Lipinski definition) is 7. The SMILES string of the molecule is CCCCCCCCCCCCOC(=O)CCC(=O)OS(=O)(=O)[O-].[Na+]. The van der Waals surface area contributed by atoms with Crippen molar-refractivity contribution in [1.82, 2.24) is 0 Å². The molecular formula is C16H29NaO7S. The number of hydrogen-bond donors (Lipinski definition) is 0. The van der Waals surface area contributed by atoms with E-state index >= 15 is 0 Å². The van der Waals surface area contributed by atoms with Crippen LogP contribution in [0.4, 0.5) is 0 Å². The van der Waals surface area contributed by atoms with Crippen LogP contribution in [-0.4, -0.2) is 31.5 Å². The number of unbranched alkanes of at least 4 members (excludes halogenated alkanes) is 9. The van der Waals surface area contributed by atoms with Crippen molar-refractivity contribution < 1.29 is 61.0 Å². The van der Waals surface area contributed by atoms with E-state index in [1.54, 1.807) is 0 Å². The first-order valence-corrected chi connectivity index (χ1v) is 10.0. The molecule has 7 nitrogen and oxygen atoms in total. The molecule has 0 amide bonds. The van der Waals surface area contributed by atoms with Crippen LogP contribution < -0.4 is 29.6 Å². The molecule has 0 saturated heterocycles. The topological polar surface area (TPSA) is 110 Å². The van der Waals surface area contributed by atoms with Crippen molar-refractivity contribution in [2.75, 3.05) is 6.61 Å². The maximum Gasteiger partial charge on any atom is 1.00 e. The Balaban J connectivity index is 0. The van der Waals surface area contributed by atoms with E-state index in [1.807, 2.05) is 0 Å². The molecule has 0 aromatic heterocycles. The van der Waals surface area contributed by atoms with E-state index in [4.69, 9.17) is 4.74 Å². The zero-order valence-corrected chi connectivity index (χ0v) is 18.3. The predicted octanol–water partition coefficient (Wildman–Crippen LogP) is 0.238. The van der Waals surface area contributed by atoms with Crippen LogP contribution in [0.15, 0.2) is 0 Å². The summed E-state index contributed by atoms with van der Waals surface area (Å²) in [7, 11) is -5.06. The van der Waals surface area contributed by atoms with Crippen molar-refractivity contribution in [2.24, 2.45) is 0 Å². The molecule has 0 aliphatic carbocycles. The van der Waals surface area contributed by atoms with Gasteiger partial charge in [0, 0.05) is 0 Å². The van der Waals surface area contributed by atoms with Crippen molar-refractivity contribution in [3.05, 3.63) is 0 Å². The van der Waals surface area contributed by atoms with Gasteiger partial charge in [0.25, 0.3) is 10.4 Å². The number of esters is 1. The Bertz CT molecular complexity index is 451. The third-order valence-corrected chi connectivity index (χ3v) is 3.88. The summed E-state index contributed by atoms with van der Waals surface area (Å²) in [5, 5.41) is 0. The average Bonchev–Trinajstić information content (AvgIpc) is 2.49. The van der Waals surface area contributed by atoms with Gasteiger partial charge in [-0.1, -0.05) is 64.7 Å². The number of rotatable bonds is 15.